The van der Waals surface area contributed by atoms with E-state index in [9.17, 15) is 9.90 Å². The van der Waals surface area contributed by atoms with Gasteiger partial charge in [-0.15, -0.1) is 0 Å². The minimum atomic E-state index is -1.26. The number of carbonyl (C=O) groups excluding carboxylic acids is 1. The summed E-state index contributed by atoms with van der Waals surface area (Å²) in [6.07, 6.45) is 3.49. The first-order valence-corrected chi connectivity index (χ1v) is 11.5. The van der Waals surface area contributed by atoms with Crippen molar-refractivity contribution in [1.82, 2.24) is 15.2 Å². The lowest BCUT2D eigenvalue weighted by Crippen LogP contribution is -2.53. The number of carbonyl (C=O) groups is 1. The Balaban J connectivity index is 1.81. The van der Waals surface area contributed by atoms with Gasteiger partial charge in [0.1, 0.15) is 17.1 Å². The van der Waals surface area contributed by atoms with Crippen molar-refractivity contribution >= 4 is 5.91 Å². The first-order valence-electron chi connectivity index (χ1n) is 11.5. The summed E-state index contributed by atoms with van der Waals surface area (Å²) in [5, 5.41) is 14.9. The molecule has 2 N–H and O–H groups in total. The second kappa shape index (κ2) is 10.5. The molecule has 33 heavy (non-hydrogen) atoms. The average Bonchev–Trinajstić information content (AvgIpc) is 2.82. The maximum Gasteiger partial charge on any atom is 0.225 e. The van der Waals surface area contributed by atoms with Crippen molar-refractivity contribution in [3.8, 4) is 11.5 Å². The summed E-state index contributed by atoms with van der Waals surface area (Å²) < 4.78 is 10.9. The zero-order chi connectivity index (χ0) is 24.1. The van der Waals surface area contributed by atoms with E-state index in [0.717, 1.165) is 36.4 Å². The number of ether oxygens (including phenoxy) is 2. The molecule has 1 aliphatic heterocycles. The number of nitrogens with zero attached hydrogens (tertiary/aromatic N) is 2. The molecule has 1 amide bonds. The van der Waals surface area contributed by atoms with Crippen LogP contribution in [0.1, 0.15) is 44.9 Å². The number of aromatic nitrogens is 1. The Hall–Kier alpha value is -2.64. The molecule has 0 radical (unpaired) electrons. The smallest absolute Gasteiger partial charge is 0.225 e. The van der Waals surface area contributed by atoms with Gasteiger partial charge in [-0.2, -0.15) is 0 Å². The Morgan fingerprint density at radius 2 is 2.00 bits per heavy atom. The van der Waals surface area contributed by atoms with Gasteiger partial charge in [-0.1, -0.05) is 32.9 Å². The highest BCUT2D eigenvalue weighted by atomic mass is 16.5. The molecule has 1 fully saturated rings. The number of pyridine rings is 1. The van der Waals surface area contributed by atoms with Crippen molar-refractivity contribution in [2.24, 2.45) is 11.3 Å². The van der Waals surface area contributed by atoms with Gasteiger partial charge in [0.25, 0.3) is 0 Å². The quantitative estimate of drug-likeness (QED) is 0.635. The summed E-state index contributed by atoms with van der Waals surface area (Å²) >= 11 is 0. The Labute approximate surface area is 197 Å². The molecule has 1 saturated heterocycles. The lowest BCUT2D eigenvalue weighted by Gasteiger charge is -2.42. The molecule has 1 aromatic carbocycles. The van der Waals surface area contributed by atoms with Crippen LogP contribution in [0.15, 0.2) is 42.6 Å². The summed E-state index contributed by atoms with van der Waals surface area (Å²) in [6, 6.07) is 11.4. The van der Waals surface area contributed by atoms with Gasteiger partial charge in [-0.05, 0) is 37.6 Å². The standard InChI is InChI=1S/C26H37N3O4/c1-25(2,3)24(30)28-18-26(31,23-10-6-7-13-27-23)20-9-8-14-29(17-20)16-19-11-12-21(32-4)15-22(19)33-5/h6-7,10-13,15,20,31H,8-9,14,16-18H2,1-5H3,(H,28,30)/t20-,26+/m1/s1. The van der Waals surface area contributed by atoms with E-state index in [0.29, 0.717) is 18.8 Å². The Morgan fingerprint density at radius 3 is 2.64 bits per heavy atom. The van der Waals surface area contributed by atoms with Crippen molar-refractivity contribution in [2.75, 3.05) is 33.9 Å². The third-order valence-corrected chi connectivity index (χ3v) is 6.38. The van der Waals surface area contributed by atoms with Crippen LogP contribution >= 0.6 is 0 Å². The topological polar surface area (TPSA) is 83.9 Å². The van der Waals surface area contributed by atoms with Crippen LogP contribution in [0.4, 0.5) is 0 Å². The van der Waals surface area contributed by atoms with E-state index in [1.165, 1.54) is 0 Å². The van der Waals surface area contributed by atoms with Gasteiger partial charge in [0.15, 0.2) is 0 Å². The summed E-state index contributed by atoms with van der Waals surface area (Å²) in [4.78, 5) is 19.4. The molecule has 0 saturated carbocycles. The molecule has 7 nitrogen and oxygen atoms in total. The lowest BCUT2D eigenvalue weighted by molar-refractivity contribution is -0.131. The van der Waals surface area contributed by atoms with Crippen molar-refractivity contribution in [2.45, 2.75) is 45.8 Å². The second-order valence-electron chi connectivity index (χ2n) is 9.82. The molecule has 180 valence electrons. The van der Waals surface area contributed by atoms with Crippen LogP contribution in [-0.4, -0.2) is 54.8 Å². The molecule has 2 heterocycles. The highest BCUT2D eigenvalue weighted by Crippen LogP contribution is 2.36. The van der Waals surface area contributed by atoms with E-state index in [1.807, 2.05) is 57.2 Å². The van der Waals surface area contributed by atoms with Crippen LogP contribution in [0.2, 0.25) is 0 Å². The van der Waals surface area contributed by atoms with Gasteiger partial charge in [0.2, 0.25) is 5.91 Å². The van der Waals surface area contributed by atoms with E-state index in [1.54, 1.807) is 20.4 Å². The van der Waals surface area contributed by atoms with E-state index in [4.69, 9.17) is 9.47 Å². The zero-order valence-electron chi connectivity index (χ0n) is 20.4. The Morgan fingerprint density at radius 1 is 1.21 bits per heavy atom. The maximum absolute atomic E-state index is 12.6. The highest BCUT2D eigenvalue weighted by Gasteiger charge is 2.42. The molecule has 0 unspecified atom stereocenters. The zero-order valence-corrected chi connectivity index (χ0v) is 20.4. The highest BCUT2D eigenvalue weighted by molar-refractivity contribution is 5.81. The van der Waals surface area contributed by atoms with Gasteiger partial charge < -0.3 is 19.9 Å². The fraction of sp³-hybridized carbons (Fsp3) is 0.538. The number of amides is 1. The number of hydrogen-bond acceptors (Lipinski definition) is 6. The van der Waals surface area contributed by atoms with E-state index >= 15 is 0 Å². The molecular weight excluding hydrogens is 418 g/mol. The number of aliphatic hydroxyl groups is 1. The molecule has 1 aliphatic rings. The van der Waals surface area contributed by atoms with Crippen molar-refractivity contribution in [1.29, 1.82) is 0 Å². The van der Waals surface area contributed by atoms with Crippen LogP contribution in [0.5, 0.6) is 11.5 Å². The molecular formula is C26H37N3O4. The predicted molar refractivity (Wildman–Crippen MR) is 128 cm³/mol. The number of likely N-dealkylation sites (tertiary alicyclic amines) is 1. The molecule has 3 rings (SSSR count). The summed E-state index contributed by atoms with van der Waals surface area (Å²) in [5.74, 6) is 1.37. The Kier molecular flexibility index (Phi) is 7.97. The molecule has 1 aromatic heterocycles. The maximum atomic E-state index is 12.6. The number of hydrogen-bond donors (Lipinski definition) is 2. The van der Waals surface area contributed by atoms with Gasteiger partial charge in [0, 0.05) is 42.2 Å². The van der Waals surface area contributed by atoms with Gasteiger partial charge in [0.05, 0.1) is 26.5 Å². The van der Waals surface area contributed by atoms with Gasteiger partial charge >= 0.3 is 0 Å². The van der Waals surface area contributed by atoms with Crippen molar-refractivity contribution in [3.05, 3.63) is 53.9 Å². The first kappa shape index (κ1) is 25.0. The summed E-state index contributed by atoms with van der Waals surface area (Å²) in [5.41, 5.74) is -0.131. The number of nitrogens with one attached hydrogen (secondary N) is 1. The van der Waals surface area contributed by atoms with E-state index < -0.39 is 11.0 Å². The van der Waals surface area contributed by atoms with E-state index in [2.05, 4.69) is 15.2 Å². The molecule has 7 heteroatoms. The van der Waals surface area contributed by atoms with Crippen LogP contribution in [0, 0.1) is 11.3 Å². The number of piperidine rings is 1. The number of benzene rings is 1. The Bertz CT molecular complexity index is 929. The third kappa shape index (κ3) is 6.03. The minimum absolute atomic E-state index is 0.0781. The summed E-state index contributed by atoms with van der Waals surface area (Å²) in [7, 11) is 3.30. The summed E-state index contributed by atoms with van der Waals surface area (Å²) in [6.45, 7) is 8.05. The molecule has 2 aromatic rings. The van der Waals surface area contributed by atoms with Crippen LogP contribution in [-0.2, 0) is 16.9 Å². The molecule has 0 aliphatic carbocycles. The molecule has 2 atom stereocenters. The average molecular weight is 456 g/mol. The minimum Gasteiger partial charge on any atom is -0.497 e. The lowest BCUT2D eigenvalue weighted by atomic mass is 9.78. The first-order chi connectivity index (χ1) is 15.7. The largest absolute Gasteiger partial charge is 0.497 e. The predicted octanol–water partition coefficient (Wildman–Crippen LogP) is 3.36. The van der Waals surface area contributed by atoms with Crippen molar-refractivity contribution < 1.29 is 19.4 Å². The normalized spacial score (nSPS) is 18.9. The molecule has 0 spiro atoms. The molecule has 0 bridgehead atoms. The van der Waals surface area contributed by atoms with Crippen LogP contribution in [0.25, 0.3) is 0 Å². The number of rotatable bonds is 8. The van der Waals surface area contributed by atoms with Gasteiger partial charge in [-0.25, -0.2) is 0 Å². The SMILES string of the molecule is COc1ccc(CN2CCC[C@@H]([C@@](O)(CNC(=O)C(C)(C)C)c3ccccn3)C2)c(OC)c1. The van der Waals surface area contributed by atoms with Crippen LogP contribution in [0.3, 0.4) is 0 Å². The van der Waals surface area contributed by atoms with E-state index in [-0.39, 0.29) is 18.4 Å². The monoisotopic (exact) mass is 455 g/mol. The second-order valence-corrected chi connectivity index (χ2v) is 9.82. The third-order valence-electron chi connectivity index (χ3n) is 6.38. The van der Waals surface area contributed by atoms with Gasteiger partial charge in [-0.3, -0.25) is 14.7 Å². The fourth-order valence-electron chi connectivity index (χ4n) is 4.36. The van der Waals surface area contributed by atoms with Crippen molar-refractivity contribution in [3.63, 3.8) is 0 Å². The fourth-order valence-corrected chi connectivity index (χ4v) is 4.36. The number of methoxy groups -OCH3 is 2. The van der Waals surface area contributed by atoms with Crippen LogP contribution < -0.4 is 14.8 Å².